The van der Waals surface area contributed by atoms with Gasteiger partial charge in [-0.25, -0.2) is 9.97 Å². The third kappa shape index (κ3) is 4.86. The van der Waals surface area contributed by atoms with E-state index in [9.17, 15) is 0 Å². The van der Waals surface area contributed by atoms with E-state index in [0.717, 1.165) is 68.3 Å². The van der Waals surface area contributed by atoms with E-state index in [1.165, 1.54) is 22.3 Å². The van der Waals surface area contributed by atoms with E-state index < -0.39 is 0 Å². The van der Waals surface area contributed by atoms with Crippen molar-refractivity contribution in [2.75, 3.05) is 0 Å². The molecule has 0 spiro atoms. The summed E-state index contributed by atoms with van der Waals surface area (Å²) in [6.45, 7) is 4.37. The minimum Gasteiger partial charge on any atom is -0.248 e. The number of benzene rings is 5. The van der Waals surface area contributed by atoms with Crippen molar-refractivity contribution in [3.05, 3.63) is 145 Å². The summed E-state index contributed by atoms with van der Waals surface area (Å²) in [6.07, 6.45) is 2.04. The summed E-state index contributed by atoms with van der Waals surface area (Å²) < 4.78 is 0. The lowest BCUT2D eigenvalue weighted by molar-refractivity contribution is 1.14. The number of rotatable bonds is 6. The summed E-state index contributed by atoms with van der Waals surface area (Å²) in [4.78, 5) is 10.5. The minimum absolute atomic E-state index is 0.970. The fraction of sp³-hybridized carbons (Fsp3) is 0.100. The standard InChI is InChI=1S/C40H32N2/c1-3-27-15-19-31(20-16-27)37-23-33(29-11-7-5-8-12-29)35-26-40-36(25-39(35)41-37)34(30-13-9-6-10-14-30)24-38(42-40)32-21-17-28(4-2)18-22-32/h5-26H,3-4H2,1-2H3. The summed E-state index contributed by atoms with van der Waals surface area (Å²) in [7, 11) is 0. The summed E-state index contributed by atoms with van der Waals surface area (Å²) in [6, 6.07) is 47.8. The molecule has 7 rings (SSSR count). The predicted molar refractivity (Wildman–Crippen MR) is 178 cm³/mol. The molecule has 0 fully saturated rings. The number of pyridine rings is 2. The van der Waals surface area contributed by atoms with Gasteiger partial charge in [0.05, 0.1) is 22.4 Å². The van der Waals surface area contributed by atoms with Gasteiger partial charge in [0.15, 0.2) is 0 Å². The molecule has 0 aliphatic heterocycles. The first kappa shape index (κ1) is 25.9. The van der Waals surface area contributed by atoms with Gasteiger partial charge >= 0.3 is 0 Å². The van der Waals surface area contributed by atoms with Gasteiger partial charge in [-0.15, -0.1) is 0 Å². The molecule has 0 amide bonds. The van der Waals surface area contributed by atoms with Crippen molar-refractivity contribution in [3.63, 3.8) is 0 Å². The van der Waals surface area contributed by atoms with Crippen molar-refractivity contribution >= 4 is 21.8 Å². The Hall–Kier alpha value is -5.08. The van der Waals surface area contributed by atoms with Crippen LogP contribution < -0.4 is 0 Å². The van der Waals surface area contributed by atoms with Gasteiger partial charge in [-0.1, -0.05) is 123 Å². The average molecular weight is 541 g/mol. The maximum atomic E-state index is 5.24. The highest BCUT2D eigenvalue weighted by atomic mass is 14.7. The zero-order chi connectivity index (χ0) is 28.5. The van der Waals surface area contributed by atoms with E-state index in [2.05, 4.69) is 147 Å². The summed E-state index contributed by atoms with van der Waals surface area (Å²) >= 11 is 0. The second-order valence-electron chi connectivity index (χ2n) is 10.8. The van der Waals surface area contributed by atoms with Gasteiger partial charge < -0.3 is 0 Å². The fourth-order valence-corrected chi connectivity index (χ4v) is 5.78. The Labute approximate surface area is 247 Å². The van der Waals surface area contributed by atoms with Crippen LogP contribution in [0.5, 0.6) is 0 Å². The van der Waals surface area contributed by atoms with Gasteiger partial charge in [-0.05, 0) is 70.5 Å². The van der Waals surface area contributed by atoms with Crippen molar-refractivity contribution in [2.24, 2.45) is 0 Å². The maximum absolute atomic E-state index is 5.24. The van der Waals surface area contributed by atoms with Gasteiger partial charge in [0, 0.05) is 21.9 Å². The van der Waals surface area contributed by atoms with Gasteiger partial charge in [-0.3, -0.25) is 0 Å². The molecule has 42 heavy (non-hydrogen) atoms. The van der Waals surface area contributed by atoms with Gasteiger partial charge in [0.1, 0.15) is 0 Å². The first-order valence-corrected chi connectivity index (χ1v) is 14.8. The second-order valence-corrected chi connectivity index (χ2v) is 10.8. The number of hydrogen-bond donors (Lipinski definition) is 0. The molecule has 0 saturated carbocycles. The van der Waals surface area contributed by atoms with Crippen LogP contribution >= 0.6 is 0 Å². The van der Waals surface area contributed by atoms with Gasteiger partial charge in [0.25, 0.3) is 0 Å². The topological polar surface area (TPSA) is 25.8 Å². The quantitative estimate of drug-likeness (QED) is 0.196. The van der Waals surface area contributed by atoms with Crippen LogP contribution in [0.25, 0.3) is 66.6 Å². The Kier molecular flexibility index (Phi) is 6.81. The number of aryl methyl sites for hydroxylation is 2. The highest BCUT2D eigenvalue weighted by Crippen LogP contribution is 2.38. The van der Waals surface area contributed by atoms with Crippen molar-refractivity contribution < 1.29 is 0 Å². The molecule has 2 heteroatoms. The minimum atomic E-state index is 0.970. The zero-order valence-corrected chi connectivity index (χ0v) is 24.0. The summed E-state index contributed by atoms with van der Waals surface area (Å²) in [5.74, 6) is 0. The van der Waals surface area contributed by atoms with Crippen molar-refractivity contribution in [2.45, 2.75) is 26.7 Å². The van der Waals surface area contributed by atoms with Crippen LogP contribution in [0.15, 0.2) is 133 Å². The number of nitrogens with zero attached hydrogens (tertiary/aromatic N) is 2. The molecule has 0 aliphatic carbocycles. The molecule has 202 valence electrons. The van der Waals surface area contributed by atoms with E-state index in [0.29, 0.717) is 0 Å². The molecule has 2 aromatic heterocycles. The predicted octanol–water partition coefficient (Wildman–Crippen LogP) is 10.6. The molecular formula is C40H32N2. The molecule has 0 bridgehead atoms. The van der Waals surface area contributed by atoms with Crippen LogP contribution in [0, 0.1) is 0 Å². The van der Waals surface area contributed by atoms with Crippen LogP contribution in [0.2, 0.25) is 0 Å². The van der Waals surface area contributed by atoms with Crippen molar-refractivity contribution in [3.8, 4) is 44.8 Å². The molecule has 2 heterocycles. The molecule has 0 atom stereocenters. The van der Waals surface area contributed by atoms with E-state index >= 15 is 0 Å². The molecule has 2 nitrogen and oxygen atoms in total. The normalized spacial score (nSPS) is 11.3. The van der Waals surface area contributed by atoms with E-state index in [4.69, 9.17) is 9.97 Å². The lowest BCUT2D eigenvalue weighted by atomic mass is 9.94. The van der Waals surface area contributed by atoms with Crippen LogP contribution in [0.4, 0.5) is 0 Å². The van der Waals surface area contributed by atoms with E-state index in [1.54, 1.807) is 0 Å². The van der Waals surface area contributed by atoms with Crippen LogP contribution in [-0.4, -0.2) is 9.97 Å². The Bertz CT molecular complexity index is 1860. The fourth-order valence-electron chi connectivity index (χ4n) is 5.78. The Morgan fingerprint density at radius 2 is 0.786 bits per heavy atom. The molecule has 5 aromatic carbocycles. The number of fused-ring (bicyclic) bond motifs is 2. The van der Waals surface area contributed by atoms with Crippen molar-refractivity contribution in [1.82, 2.24) is 9.97 Å². The highest BCUT2D eigenvalue weighted by Gasteiger charge is 2.15. The SMILES string of the molecule is CCc1ccc(-c2cc(-c3ccccc3)c3cc4nc(-c5ccc(CC)cc5)cc(-c5ccccc5)c4cc3n2)cc1. The first-order valence-electron chi connectivity index (χ1n) is 14.8. The number of aromatic nitrogens is 2. The lowest BCUT2D eigenvalue weighted by Crippen LogP contribution is -1.94. The van der Waals surface area contributed by atoms with Gasteiger partial charge in [0.2, 0.25) is 0 Å². The largest absolute Gasteiger partial charge is 0.248 e. The Morgan fingerprint density at radius 1 is 0.405 bits per heavy atom. The molecule has 0 saturated heterocycles. The monoisotopic (exact) mass is 540 g/mol. The van der Waals surface area contributed by atoms with Crippen LogP contribution in [-0.2, 0) is 12.8 Å². The Morgan fingerprint density at radius 3 is 1.14 bits per heavy atom. The molecule has 0 radical (unpaired) electrons. The number of hydrogen-bond acceptors (Lipinski definition) is 2. The van der Waals surface area contributed by atoms with Crippen LogP contribution in [0.1, 0.15) is 25.0 Å². The van der Waals surface area contributed by atoms with E-state index in [-0.39, 0.29) is 0 Å². The molecule has 0 unspecified atom stereocenters. The van der Waals surface area contributed by atoms with E-state index in [1.807, 2.05) is 0 Å². The molecular weight excluding hydrogens is 508 g/mol. The second kappa shape index (κ2) is 11.1. The van der Waals surface area contributed by atoms with Crippen molar-refractivity contribution in [1.29, 1.82) is 0 Å². The molecule has 0 N–H and O–H groups in total. The summed E-state index contributed by atoms with van der Waals surface area (Å²) in [5, 5.41) is 2.21. The smallest absolute Gasteiger partial charge is 0.0723 e. The third-order valence-electron chi connectivity index (χ3n) is 8.22. The zero-order valence-electron chi connectivity index (χ0n) is 24.0. The first-order chi connectivity index (χ1) is 20.7. The lowest BCUT2D eigenvalue weighted by Gasteiger charge is -2.15. The Balaban J connectivity index is 1.52. The maximum Gasteiger partial charge on any atom is 0.0723 e. The summed E-state index contributed by atoms with van der Waals surface area (Å²) in [5.41, 5.74) is 13.5. The third-order valence-corrected chi connectivity index (χ3v) is 8.22. The average Bonchev–Trinajstić information content (AvgIpc) is 3.07. The molecule has 0 aliphatic rings. The molecule has 7 aromatic rings. The van der Waals surface area contributed by atoms with Gasteiger partial charge in [-0.2, -0.15) is 0 Å². The highest BCUT2D eigenvalue weighted by molar-refractivity contribution is 6.08. The van der Waals surface area contributed by atoms with Crippen LogP contribution in [0.3, 0.4) is 0 Å².